The number of anilines is 2. The molecular formula is C25H27N3O4S. The van der Waals surface area contributed by atoms with Gasteiger partial charge < -0.3 is 10.6 Å². The van der Waals surface area contributed by atoms with E-state index in [0.717, 1.165) is 16.7 Å². The van der Waals surface area contributed by atoms with Crippen LogP contribution in [0.2, 0.25) is 0 Å². The molecule has 0 bridgehead atoms. The summed E-state index contributed by atoms with van der Waals surface area (Å²) in [7, 11) is -3.91. The van der Waals surface area contributed by atoms with Crippen LogP contribution in [0.1, 0.15) is 23.6 Å². The molecule has 2 amide bonds. The van der Waals surface area contributed by atoms with Crippen LogP contribution in [0.25, 0.3) is 0 Å². The molecule has 8 heteroatoms. The molecule has 3 rings (SSSR count). The van der Waals surface area contributed by atoms with Crippen LogP contribution >= 0.6 is 0 Å². The molecule has 0 aliphatic carbocycles. The second-order valence-corrected chi connectivity index (χ2v) is 9.82. The Bertz CT molecular complexity index is 1240. The topological polar surface area (TPSA) is 95.6 Å². The summed E-state index contributed by atoms with van der Waals surface area (Å²) in [5, 5.41) is 5.38. The fourth-order valence-corrected chi connectivity index (χ4v) is 4.68. The zero-order valence-corrected chi connectivity index (χ0v) is 19.6. The summed E-state index contributed by atoms with van der Waals surface area (Å²) in [6.45, 7) is 4.93. The van der Waals surface area contributed by atoms with Crippen molar-refractivity contribution in [1.29, 1.82) is 0 Å². The molecule has 2 N–H and O–H groups in total. The van der Waals surface area contributed by atoms with Gasteiger partial charge >= 0.3 is 0 Å². The fraction of sp³-hybridized carbons (Fsp3) is 0.200. The molecule has 7 nitrogen and oxygen atoms in total. The Labute approximate surface area is 194 Å². The predicted octanol–water partition coefficient (Wildman–Crippen LogP) is 4.09. The van der Waals surface area contributed by atoms with E-state index in [2.05, 4.69) is 10.6 Å². The van der Waals surface area contributed by atoms with Crippen LogP contribution in [0.3, 0.4) is 0 Å². The third-order valence-electron chi connectivity index (χ3n) is 4.91. The first kappa shape index (κ1) is 24.2. The van der Waals surface area contributed by atoms with Crippen LogP contribution in [0.4, 0.5) is 11.4 Å². The lowest BCUT2D eigenvalue weighted by Crippen LogP contribution is -2.37. The lowest BCUT2D eigenvalue weighted by Gasteiger charge is -2.22. The van der Waals surface area contributed by atoms with Crippen LogP contribution < -0.4 is 10.6 Å². The van der Waals surface area contributed by atoms with Gasteiger partial charge in [-0.2, -0.15) is 4.31 Å². The van der Waals surface area contributed by atoms with Crippen molar-refractivity contribution >= 4 is 33.2 Å². The molecule has 0 saturated heterocycles. The molecule has 0 heterocycles. The predicted molar refractivity (Wildman–Crippen MR) is 129 cm³/mol. The third-order valence-corrected chi connectivity index (χ3v) is 6.72. The van der Waals surface area contributed by atoms with Gasteiger partial charge in [0.1, 0.15) is 0 Å². The molecule has 0 aromatic heterocycles. The normalized spacial score (nSPS) is 11.3. The van der Waals surface area contributed by atoms with E-state index in [0.29, 0.717) is 11.4 Å². The monoisotopic (exact) mass is 465 g/mol. The smallest absolute Gasteiger partial charge is 0.243 e. The van der Waals surface area contributed by atoms with Gasteiger partial charge in [0.15, 0.2) is 0 Å². The Kier molecular flexibility index (Phi) is 7.63. The molecule has 0 spiro atoms. The molecule has 0 unspecified atom stereocenters. The number of aryl methyl sites for hydroxylation is 2. The largest absolute Gasteiger partial charge is 0.326 e. The Morgan fingerprint density at radius 2 is 1.42 bits per heavy atom. The Morgan fingerprint density at radius 1 is 0.818 bits per heavy atom. The first-order valence-corrected chi connectivity index (χ1v) is 11.9. The van der Waals surface area contributed by atoms with Crippen molar-refractivity contribution in [2.24, 2.45) is 0 Å². The van der Waals surface area contributed by atoms with Crippen molar-refractivity contribution < 1.29 is 18.0 Å². The second-order valence-electron chi connectivity index (χ2n) is 7.88. The van der Waals surface area contributed by atoms with E-state index in [1.54, 1.807) is 48.5 Å². The van der Waals surface area contributed by atoms with Gasteiger partial charge in [-0.3, -0.25) is 9.59 Å². The molecular weight excluding hydrogens is 438 g/mol. The standard InChI is InChI=1S/C25H27N3O4S/c1-18-7-13-24(14-8-18)33(31,32)28(16-21-6-4-5-19(2)15-21)17-25(30)27-23-11-9-22(10-12-23)26-20(3)29/h4-15H,16-17H2,1-3H3,(H,26,29)(H,27,30). The quantitative estimate of drug-likeness (QED) is 0.524. The van der Waals surface area contributed by atoms with Crippen LogP contribution in [0.15, 0.2) is 77.7 Å². The van der Waals surface area contributed by atoms with Gasteiger partial charge in [0.2, 0.25) is 21.8 Å². The average Bonchev–Trinajstić information content (AvgIpc) is 2.74. The van der Waals surface area contributed by atoms with Crippen LogP contribution in [0.5, 0.6) is 0 Å². The summed E-state index contributed by atoms with van der Waals surface area (Å²) >= 11 is 0. The molecule has 0 saturated carbocycles. The molecule has 0 atom stereocenters. The number of carbonyl (C=O) groups excluding carboxylic acids is 2. The number of sulfonamides is 1. The number of nitrogens with zero attached hydrogens (tertiary/aromatic N) is 1. The average molecular weight is 466 g/mol. The fourth-order valence-electron chi connectivity index (χ4n) is 3.30. The van der Waals surface area contributed by atoms with E-state index >= 15 is 0 Å². The summed E-state index contributed by atoms with van der Waals surface area (Å²) in [6.07, 6.45) is 0. The number of nitrogens with one attached hydrogen (secondary N) is 2. The number of carbonyl (C=O) groups is 2. The summed E-state index contributed by atoms with van der Waals surface area (Å²) in [6, 6.07) is 20.7. The third kappa shape index (κ3) is 6.74. The van der Waals surface area contributed by atoms with E-state index in [-0.39, 0.29) is 23.9 Å². The molecule has 172 valence electrons. The van der Waals surface area contributed by atoms with Gasteiger partial charge in [-0.05, 0) is 55.8 Å². The molecule has 33 heavy (non-hydrogen) atoms. The number of benzene rings is 3. The minimum atomic E-state index is -3.91. The first-order chi connectivity index (χ1) is 15.6. The minimum absolute atomic E-state index is 0.0623. The summed E-state index contributed by atoms with van der Waals surface area (Å²) in [5.74, 6) is -0.662. The van der Waals surface area contributed by atoms with Gasteiger partial charge in [-0.15, -0.1) is 0 Å². The number of amides is 2. The zero-order valence-electron chi connectivity index (χ0n) is 18.8. The first-order valence-electron chi connectivity index (χ1n) is 10.4. The lowest BCUT2D eigenvalue weighted by molar-refractivity contribution is -0.116. The second kappa shape index (κ2) is 10.4. The number of hydrogen-bond acceptors (Lipinski definition) is 4. The summed E-state index contributed by atoms with van der Waals surface area (Å²) < 4.78 is 27.9. The molecule has 0 aliphatic rings. The SMILES string of the molecule is CC(=O)Nc1ccc(NC(=O)CN(Cc2cccc(C)c2)S(=O)(=O)c2ccc(C)cc2)cc1. The Morgan fingerprint density at radius 3 is 2.00 bits per heavy atom. The minimum Gasteiger partial charge on any atom is -0.326 e. The van der Waals surface area contributed by atoms with Crippen LogP contribution in [-0.2, 0) is 26.2 Å². The summed E-state index contributed by atoms with van der Waals surface area (Å²) in [5.41, 5.74) is 3.84. The number of hydrogen-bond donors (Lipinski definition) is 2. The summed E-state index contributed by atoms with van der Waals surface area (Å²) in [4.78, 5) is 24.1. The van der Waals surface area contributed by atoms with Gasteiger partial charge in [-0.1, -0.05) is 47.5 Å². The maximum atomic E-state index is 13.4. The highest BCUT2D eigenvalue weighted by Crippen LogP contribution is 2.20. The van der Waals surface area contributed by atoms with Crippen molar-refractivity contribution in [3.63, 3.8) is 0 Å². The van der Waals surface area contributed by atoms with Gasteiger partial charge in [0.05, 0.1) is 11.4 Å². The van der Waals surface area contributed by atoms with Crippen molar-refractivity contribution in [2.45, 2.75) is 32.2 Å². The van der Waals surface area contributed by atoms with Gasteiger partial charge in [0, 0.05) is 24.8 Å². The van der Waals surface area contributed by atoms with E-state index in [1.165, 1.54) is 11.2 Å². The molecule has 0 radical (unpaired) electrons. The van der Waals surface area contributed by atoms with Crippen LogP contribution in [-0.4, -0.2) is 31.1 Å². The van der Waals surface area contributed by atoms with Crippen molar-refractivity contribution in [3.8, 4) is 0 Å². The molecule has 3 aromatic rings. The Balaban J connectivity index is 1.82. The maximum absolute atomic E-state index is 13.4. The molecule has 3 aromatic carbocycles. The maximum Gasteiger partial charge on any atom is 0.243 e. The van der Waals surface area contributed by atoms with Crippen molar-refractivity contribution in [2.75, 3.05) is 17.2 Å². The van der Waals surface area contributed by atoms with Gasteiger partial charge in [-0.25, -0.2) is 8.42 Å². The van der Waals surface area contributed by atoms with E-state index in [1.807, 2.05) is 38.1 Å². The molecule has 0 fully saturated rings. The van der Waals surface area contributed by atoms with Crippen LogP contribution in [0, 0.1) is 13.8 Å². The number of rotatable bonds is 8. The van der Waals surface area contributed by atoms with E-state index < -0.39 is 15.9 Å². The highest BCUT2D eigenvalue weighted by molar-refractivity contribution is 7.89. The van der Waals surface area contributed by atoms with E-state index in [9.17, 15) is 18.0 Å². The zero-order chi connectivity index (χ0) is 24.0. The molecule has 0 aliphatic heterocycles. The lowest BCUT2D eigenvalue weighted by atomic mass is 10.1. The highest BCUT2D eigenvalue weighted by atomic mass is 32.2. The van der Waals surface area contributed by atoms with E-state index in [4.69, 9.17) is 0 Å². The van der Waals surface area contributed by atoms with Crippen molar-refractivity contribution in [3.05, 3.63) is 89.5 Å². The Hall–Kier alpha value is -3.49. The highest BCUT2D eigenvalue weighted by Gasteiger charge is 2.27. The van der Waals surface area contributed by atoms with Gasteiger partial charge in [0.25, 0.3) is 0 Å². The van der Waals surface area contributed by atoms with Crippen molar-refractivity contribution in [1.82, 2.24) is 4.31 Å².